The summed E-state index contributed by atoms with van der Waals surface area (Å²) in [6, 6.07) is 15.1. The van der Waals surface area contributed by atoms with Gasteiger partial charge in [0.05, 0.1) is 23.3 Å². The Bertz CT molecular complexity index is 631. The molecule has 0 aromatic heterocycles. The zero-order chi connectivity index (χ0) is 15.9. The molecule has 0 bridgehead atoms. The van der Waals surface area contributed by atoms with E-state index in [1.807, 2.05) is 36.4 Å². The van der Waals surface area contributed by atoms with E-state index in [4.69, 9.17) is 16.3 Å². The second kappa shape index (κ2) is 7.94. The number of halogens is 1. The Morgan fingerprint density at radius 3 is 2.64 bits per heavy atom. The Kier molecular flexibility index (Phi) is 5.95. The van der Waals surface area contributed by atoms with Crippen molar-refractivity contribution in [1.29, 1.82) is 0 Å². The van der Waals surface area contributed by atoms with Gasteiger partial charge in [-0.05, 0) is 23.3 Å². The molecule has 1 amide bonds. The SMILES string of the molecule is COCC(O)CNC(=O)c1cc(-c2ccccc2)ccc1Cl. The minimum atomic E-state index is -0.745. The first-order valence-electron chi connectivity index (χ1n) is 6.92. The van der Waals surface area contributed by atoms with Gasteiger partial charge in [-0.3, -0.25) is 4.79 Å². The number of amides is 1. The molecule has 0 fully saturated rings. The van der Waals surface area contributed by atoms with Crippen LogP contribution in [0, 0.1) is 0 Å². The first-order chi connectivity index (χ1) is 10.6. The van der Waals surface area contributed by atoms with E-state index in [1.54, 1.807) is 12.1 Å². The molecule has 4 nitrogen and oxygen atoms in total. The Balaban J connectivity index is 2.15. The van der Waals surface area contributed by atoms with Crippen LogP contribution in [0.25, 0.3) is 11.1 Å². The van der Waals surface area contributed by atoms with Gasteiger partial charge in [-0.25, -0.2) is 0 Å². The number of aliphatic hydroxyl groups is 1. The average Bonchev–Trinajstić information content (AvgIpc) is 2.54. The fourth-order valence-electron chi connectivity index (χ4n) is 2.07. The summed E-state index contributed by atoms with van der Waals surface area (Å²) in [5.41, 5.74) is 2.30. The van der Waals surface area contributed by atoms with Gasteiger partial charge >= 0.3 is 0 Å². The van der Waals surface area contributed by atoms with E-state index in [9.17, 15) is 9.90 Å². The van der Waals surface area contributed by atoms with Crippen LogP contribution in [-0.4, -0.2) is 37.4 Å². The maximum atomic E-state index is 12.2. The van der Waals surface area contributed by atoms with Crippen molar-refractivity contribution in [3.8, 4) is 11.1 Å². The monoisotopic (exact) mass is 319 g/mol. The molecule has 116 valence electrons. The lowest BCUT2D eigenvalue weighted by Crippen LogP contribution is -2.34. The molecule has 0 aliphatic carbocycles. The molecule has 22 heavy (non-hydrogen) atoms. The Morgan fingerprint density at radius 1 is 1.23 bits per heavy atom. The van der Waals surface area contributed by atoms with Gasteiger partial charge in [0, 0.05) is 13.7 Å². The molecule has 1 unspecified atom stereocenters. The second-order valence-corrected chi connectivity index (χ2v) is 5.29. The molecule has 0 aliphatic rings. The van der Waals surface area contributed by atoms with Crippen molar-refractivity contribution in [3.05, 3.63) is 59.1 Å². The second-order valence-electron chi connectivity index (χ2n) is 4.88. The molecule has 0 radical (unpaired) electrons. The molecule has 0 spiro atoms. The van der Waals surface area contributed by atoms with Crippen molar-refractivity contribution in [2.75, 3.05) is 20.3 Å². The molecular formula is C17H18ClNO3. The zero-order valence-corrected chi connectivity index (χ0v) is 13.0. The van der Waals surface area contributed by atoms with Gasteiger partial charge in [-0.15, -0.1) is 0 Å². The van der Waals surface area contributed by atoms with E-state index in [1.165, 1.54) is 7.11 Å². The van der Waals surface area contributed by atoms with E-state index in [0.717, 1.165) is 11.1 Å². The van der Waals surface area contributed by atoms with Crippen molar-refractivity contribution < 1.29 is 14.6 Å². The molecule has 2 rings (SSSR count). The maximum absolute atomic E-state index is 12.2. The summed E-state index contributed by atoms with van der Waals surface area (Å²) in [6.45, 7) is 0.274. The number of hydrogen-bond donors (Lipinski definition) is 2. The number of ether oxygens (including phenoxy) is 1. The predicted octanol–water partition coefficient (Wildman–Crippen LogP) is 2.74. The molecule has 0 heterocycles. The molecule has 1 atom stereocenters. The third-order valence-corrected chi connectivity index (χ3v) is 3.50. The summed E-state index contributed by atoms with van der Waals surface area (Å²) in [6.07, 6.45) is -0.745. The summed E-state index contributed by atoms with van der Waals surface area (Å²) >= 11 is 6.11. The van der Waals surface area contributed by atoms with Crippen LogP contribution in [0.3, 0.4) is 0 Å². The smallest absolute Gasteiger partial charge is 0.252 e. The molecule has 0 saturated heterocycles. The number of aliphatic hydroxyl groups excluding tert-OH is 1. The summed E-state index contributed by atoms with van der Waals surface area (Å²) < 4.78 is 4.81. The maximum Gasteiger partial charge on any atom is 0.252 e. The van der Waals surface area contributed by atoms with Crippen LogP contribution in [0.4, 0.5) is 0 Å². The minimum absolute atomic E-state index is 0.110. The van der Waals surface area contributed by atoms with Crippen LogP contribution in [0.1, 0.15) is 10.4 Å². The lowest BCUT2D eigenvalue weighted by molar-refractivity contribution is 0.0610. The van der Waals surface area contributed by atoms with Gasteiger partial charge in [-0.2, -0.15) is 0 Å². The van der Waals surface area contributed by atoms with E-state index < -0.39 is 6.10 Å². The quantitative estimate of drug-likeness (QED) is 0.860. The van der Waals surface area contributed by atoms with Crippen LogP contribution in [0.5, 0.6) is 0 Å². The zero-order valence-electron chi connectivity index (χ0n) is 12.3. The fraction of sp³-hybridized carbons (Fsp3) is 0.235. The molecule has 0 saturated carbocycles. The third-order valence-electron chi connectivity index (χ3n) is 3.18. The fourth-order valence-corrected chi connectivity index (χ4v) is 2.27. The number of rotatable bonds is 6. The Morgan fingerprint density at radius 2 is 1.95 bits per heavy atom. The third kappa shape index (κ3) is 4.31. The number of carbonyl (C=O) groups is 1. The molecular weight excluding hydrogens is 302 g/mol. The van der Waals surface area contributed by atoms with E-state index >= 15 is 0 Å². The minimum Gasteiger partial charge on any atom is -0.389 e. The van der Waals surface area contributed by atoms with Crippen LogP contribution in [-0.2, 0) is 4.74 Å². The highest BCUT2D eigenvalue weighted by atomic mass is 35.5. The topological polar surface area (TPSA) is 58.6 Å². The van der Waals surface area contributed by atoms with Crippen LogP contribution >= 0.6 is 11.6 Å². The summed E-state index contributed by atoms with van der Waals surface area (Å²) in [4.78, 5) is 12.2. The molecule has 0 aliphatic heterocycles. The van der Waals surface area contributed by atoms with Crippen molar-refractivity contribution in [2.24, 2.45) is 0 Å². The highest BCUT2D eigenvalue weighted by Gasteiger charge is 2.13. The first kappa shape index (κ1) is 16.5. The van der Waals surface area contributed by atoms with E-state index in [-0.39, 0.29) is 19.1 Å². The predicted molar refractivity (Wildman–Crippen MR) is 87.1 cm³/mol. The first-order valence-corrected chi connectivity index (χ1v) is 7.29. The number of nitrogens with one attached hydrogen (secondary N) is 1. The lowest BCUT2D eigenvalue weighted by Gasteiger charge is -2.12. The largest absolute Gasteiger partial charge is 0.389 e. The normalized spacial score (nSPS) is 12.0. The van der Waals surface area contributed by atoms with Gasteiger partial charge < -0.3 is 15.2 Å². The van der Waals surface area contributed by atoms with Gasteiger partial charge in [0.25, 0.3) is 5.91 Å². The standard InChI is InChI=1S/C17H18ClNO3/c1-22-11-14(20)10-19-17(21)15-9-13(7-8-16(15)18)12-5-3-2-4-6-12/h2-9,14,20H,10-11H2,1H3,(H,19,21). The highest BCUT2D eigenvalue weighted by molar-refractivity contribution is 6.34. The molecule has 2 aromatic carbocycles. The summed E-state index contributed by atoms with van der Waals surface area (Å²) in [5.74, 6) is -0.321. The summed E-state index contributed by atoms with van der Waals surface area (Å²) in [5, 5.41) is 12.6. The van der Waals surface area contributed by atoms with Crippen LogP contribution in [0.2, 0.25) is 5.02 Å². The van der Waals surface area contributed by atoms with Crippen LogP contribution in [0.15, 0.2) is 48.5 Å². The highest BCUT2D eigenvalue weighted by Crippen LogP contribution is 2.25. The van der Waals surface area contributed by atoms with Crippen LogP contribution < -0.4 is 5.32 Å². The van der Waals surface area contributed by atoms with Crippen molar-refractivity contribution in [1.82, 2.24) is 5.32 Å². The van der Waals surface area contributed by atoms with Gasteiger partial charge in [0.1, 0.15) is 0 Å². The lowest BCUT2D eigenvalue weighted by atomic mass is 10.0. The van der Waals surface area contributed by atoms with Gasteiger partial charge in [0.2, 0.25) is 0 Å². The van der Waals surface area contributed by atoms with Crippen molar-refractivity contribution >= 4 is 17.5 Å². The van der Waals surface area contributed by atoms with Gasteiger partial charge in [0.15, 0.2) is 0 Å². The number of hydrogen-bond acceptors (Lipinski definition) is 3. The van der Waals surface area contributed by atoms with Gasteiger partial charge in [-0.1, -0.05) is 48.0 Å². The average molecular weight is 320 g/mol. The molecule has 2 N–H and O–H groups in total. The van der Waals surface area contributed by atoms with Crippen molar-refractivity contribution in [3.63, 3.8) is 0 Å². The number of methoxy groups -OCH3 is 1. The van der Waals surface area contributed by atoms with E-state index in [2.05, 4.69) is 5.32 Å². The Labute approximate surface area is 134 Å². The van der Waals surface area contributed by atoms with Crippen molar-refractivity contribution in [2.45, 2.75) is 6.10 Å². The number of carbonyl (C=O) groups excluding carboxylic acids is 1. The summed E-state index contributed by atoms with van der Waals surface area (Å²) in [7, 11) is 1.49. The molecule has 5 heteroatoms. The van der Waals surface area contributed by atoms with E-state index in [0.29, 0.717) is 10.6 Å². The number of benzene rings is 2. The Hall–Kier alpha value is -1.88. The molecule has 2 aromatic rings.